The Balaban J connectivity index is 2.51. The van der Waals surface area contributed by atoms with Crippen LogP contribution in [-0.4, -0.2) is 24.4 Å². The van der Waals surface area contributed by atoms with Gasteiger partial charge >= 0.3 is 0 Å². The number of aromatic amines is 1. The first-order valence-corrected chi connectivity index (χ1v) is 4.93. The maximum Gasteiger partial charge on any atom is 0.216 e. The van der Waals surface area contributed by atoms with Crippen LogP contribution in [0.3, 0.4) is 0 Å². The van der Waals surface area contributed by atoms with Crippen molar-refractivity contribution >= 4 is 16.8 Å². The van der Waals surface area contributed by atoms with Crippen LogP contribution in [0.4, 0.5) is 0 Å². The van der Waals surface area contributed by atoms with Crippen molar-refractivity contribution in [2.75, 3.05) is 13.5 Å². The lowest BCUT2D eigenvalue weighted by molar-refractivity contribution is -0.118. The maximum absolute atomic E-state index is 11.1. The highest BCUT2D eigenvalue weighted by Crippen LogP contribution is 2.23. The second kappa shape index (κ2) is 4.91. The SMILES string of the molecule is [2H]C([2H])([2H])Oc1ccc2[nH]cc(C([2H])([2H])C([2H])([2H])NC(C)=O)c2c1. The second-order valence-electron chi connectivity index (χ2n) is 3.44. The van der Waals surface area contributed by atoms with Crippen molar-refractivity contribution in [3.05, 3.63) is 30.0 Å². The first-order chi connectivity index (χ1) is 10.8. The van der Waals surface area contributed by atoms with Gasteiger partial charge in [-0.3, -0.25) is 4.79 Å². The molecule has 0 saturated carbocycles. The molecule has 1 aromatic carbocycles. The quantitative estimate of drug-likeness (QED) is 0.855. The highest BCUT2D eigenvalue weighted by atomic mass is 16.5. The molecule has 1 aromatic heterocycles. The molecule has 0 bridgehead atoms. The molecule has 0 aliphatic carbocycles. The molecule has 4 nitrogen and oxygen atoms in total. The number of hydrogen-bond acceptors (Lipinski definition) is 2. The number of hydrogen-bond donors (Lipinski definition) is 2. The number of rotatable bonds is 4. The standard InChI is InChI=1S/C13H16N2O2/c1-9(16)14-6-5-10-8-15-13-4-3-11(17-2)7-12(10)13/h3-4,7-8,15H,5-6H2,1-2H3,(H,14,16)/i2D3,5D2,6D2. The largest absolute Gasteiger partial charge is 0.497 e. The Labute approximate surface area is 110 Å². The van der Waals surface area contributed by atoms with Crippen LogP contribution in [0.25, 0.3) is 10.9 Å². The van der Waals surface area contributed by atoms with Crippen LogP contribution in [-0.2, 0) is 11.2 Å². The molecule has 90 valence electrons. The number of aromatic nitrogens is 1. The van der Waals surface area contributed by atoms with E-state index in [2.05, 4.69) is 4.98 Å². The van der Waals surface area contributed by atoms with Gasteiger partial charge in [0.2, 0.25) is 5.91 Å². The summed E-state index contributed by atoms with van der Waals surface area (Å²) in [5.74, 6) is -0.714. The number of methoxy groups -OCH3 is 1. The van der Waals surface area contributed by atoms with E-state index in [9.17, 15) is 4.79 Å². The van der Waals surface area contributed by atoms with Crippen molar-refractivity contribution in [2.45, 2.75) is 13.3 Å². The predicted molar refractivity (Wildman–Crippen MR) is 67.2 cm³/mol. The number of carbonyl (C=O) groups excluding carboxylic acids is 1. The van der Waals surface area contributed by atoms with E-state index < -0.39 is 25.8 Å². The summed E-state index contributed by atoms with van der Waals surface area (Å²) in [6, 6.07) is 4.23. The van der Waals surface area contributed by atoms with Crippen LogP contribution in [0, 0.1) is 0 Å². The molecule has 0 atom stereocenters. The number of nitrogens with one attached hydrogen (secondary N) is 2. The van der Waals surface area contributed by atoms with Crippen LogP contribution >= 0.6 is 0 Å². The van der Waals surface area contributed by atoms with Crippen molar-refractivity contribution in [3.63, 3.8) is 0 Å². The van der Waals surface area contributed by atoms with Crippen molar-refractivity contribution in [1.29, 1.82) is 0 Å². The predicted octanol–water partition coefficient (Wildman–Crippen LogP) is 1.86. The van der Waals surface area contributed by atoms with Gasteiger partial charge in [-0.15, -0.1) is 0 Å². The van der Waals surface area contributed by atoms with Gasteiger partial charge in [0, 0.05) is 36.0 Å². The summed E-state index contributed by atoms with van der Waals surface area (Å²) >= 11 is 0. The Hall–Kier alpha value is -1.97. The van der Waals surface area contributed by atoms with Crippen molar-refractivity contribution in [1.82, 2.24) is 10.3 Å². The molecule has 0 aliphatic heterocycles. The Bertz CT molecular complexity index is 767. The normalized spacial score (nSPS) is 19.0. The fourth-order valence-electron chi connectivity index (χ4n) is 1.45. The van der Waals surface area contributed by atoms with E-state index in [0.717, 1.165) is 6.92 Å². The minimum absolute atomic E-state index is 0.000705. The Kier molecular flexibility index (Phi) is 1.61. The number of H-pyrrole nitrogens is 1. The molecule has 0 radical (unpaired) electrons. The Morgan fingerprint density at radius 1 is 1.65 bits per heavy atom. The van der Waals surface area contributed by atoms with Gasteiger partial charge < -0.3 is 15.0 Å². The smallest absolute Gasteiger partial charge is 0.216 e. The fourth-order valence-corrected chi connectivity index (χ4v) is 1.45. The number of fused-ring (bicyclic) bond motifs is 1. The van der Waals surface area contributed by atoms with E-state index in [0.29, 0.717) is 5.52 Å². The number of aryl methyl sites for hydroxylation is 1. The summed E-state index contributed by atoms with van der Waals surface area (Å²) in [5.41, 5.74) is 0.414. The summed E-state index contributed by atoms with van der Waals surface area (Å²) in [4.78, 5) is 13.9. The first-order valence-electron chi connectivity index (χ1n) is 8.43. The molecular weight excluding hydrogens is 216 g/mol. The summed E-state index contributed by atoms with van der Waals surface area (Å²) in [5, 5.41) is 2.21. The van der Waals surface area contributed by atoms with Crippen LogP contribution in [0.2, 0.25) is 0 Å². The van der Waals surface area contributed by atoms with E-state index in [1.807, 2.05) is 5.32 Å². The topological polar surface area (TPSA) is 54.1 Å². The third kappa shape index (κ3) is 2.58. The van der Waals surface area contributed by atoms with E-state index in [-0.39, 0.29) is 16.7 Å². The van der Waals surface area contributed by atoms with Crippen molar-refractivity contribution in [3.8, 4) is 5.75 Å². The van der Waals surface area contributed by atoms with E-state index >= 15 is 0 Å². The minimum Gasteiger partial charge on any atom is -0.497 e. The molecule has 0 aliphatic rings. The molecule has 2 aromatic rings. The zero-order chi connectivity index (χ0) is 18.3. The van der Waals surface area contributed by atoms with E-state index in [4.69, 9.17) is 14.3 Å². The van der Waals surface area contributed by atoms with Gasteiger partial charge in [0.05, 0.1) is 11.2 Å². The van der Waals surface area contributed by atoms with Crippen LogP contribution in [0.1, 0.15) is 22.1 Å². The lowest BCUT2D eigenvalue weighted by Gasteiger charge is -2.03. The summed E-state index contributed by atoms with van der Waals surface area (Å²) < 4.78 is 58.0. The molecule has 4 heteroatoms. The van der Waals surface area contributed by atoms with E-state index in [1.54, 1.807) is 0 Å². The molecule has 0 spiro atoms. The zero-order valence-electron chi connectivity index (χ0n) is 16.1. The lowest BCUT2D eigenvalue weighted by atomic mass is 10.1. The van der Waals surface area contributed by atoms with Gasteiger partial charge in [0.25, 0.3) is 0 Å². The summed E-state index contributed by atoms with van der Waals surface area (Å²) in [7, 11) is -2.66. The highest BCUT2D eigenvalue weighted by molar-refractivity contribution is 5.84. The maximum atomic E-state index is 11.1. The second-order valence-corrected chi connectivity index (χ2v) is 3.44. The number of ether oxygens (including phenoxy) is 1. The molecule has 0 fully saturated rings. The van der Waals surface area contributed by atoms with E-state index in [1.165, 1.54) is 24.4 Å². The van der Waals surface area contributed by atoms with Gasteiger partial charge in [-0.05, 0) is 30.1 Å². The Morgan fingerprint density at radius 3 is 3.29 bits per heavy atom. The summed E-state index contributed by atoms with van der Waals surface area (Å²) in [6.07, 6.45) is -1.29. The van der Waals surface area contributed by atoms with Crippen molar-refractivity contribution in [2.24, 2.45) is 0 Å². The van der Waals surface area contributed by atoms with Gasteiger partial charge in [0.15, 0.2) is 0 Å². The molecule has 17 heavy (non-hydrogen) atoms. The molecule has 2 rings (SSSR count). The highest BCUT2D eigenvalue weighted by Gasteiger charge is 2.05. The first kappa shape index (κ1) is 5.58. The number of carbonyl (C=O) groups is 1. The molecular formula is C13H16N2O2. The van der Waals surface area contributed by atoms with Crippen LogP contribution < -0.4 is 10.1 Å². The van der Waals surface area contributed by atoms with Crippen molar-refractivity contribution < 1.29 is 19.1 Å². The molecule has 1 heterocycles. The molecule has 2 N–H and O–H groups in total. The van der Waals surface area contributed by atoms with Gasteiger partial charge in [-0.25, -0.2) is 0 Å². The van der Waals surface area contributed by atoms with Gasteiger partial charge in [-0.1, -0.05) is 0 Å². The third-order valence-electron chi connectivity index (χ3n) is 2.21. The number of benzene rings is 1. The van der Waals surface area contributed by atoms with Gasteiger partial charge in [0.1, 0.15) is 5.75 Å². The van der Waals surface area contributed by atoms with Crippen LogP contribution in [0.5, 0.6) is 5.75 Å². The van der Waals surface area contributed by atoms with Crippen LogP contribution in [0.15, 0.2) is 24.4 Å². The number of amides is 1. The zero-order valence-corrected chi connectivity index (χ0v) is 9.13. The summed E-state index contributed by atoms with van der Waals surface area (Å²) in [6.45, 7) is -1.58. The average molecular weight is 239 g/mol. The molecule has 0 saturated heterocycles. The lowest BCUT2D eigenvalue weighted by Crippen LogP contribution is -2.22. The monoisotopic (exact) mass is 239 g/mol. The molecule has 0 unspecified atom stereocenters. The Morgan fingerprint density at radius 2 is 2.53 bits per heavy atom. The third-order valence-corrected chi connectivity index (χ3v) is 2.21. The average Bonchev–Trinajstić information content (AvgIpc) is 2.78. The molecule has 1 amide bonds. The van der Waals surface area contributed by atoms with Gasteiger partial charge in [-0.2, -0.15) is 0 Å². The fraction of sp³-hybridized carbons (Fsp3) is 0.308. The minimum atomic E-state index is -2.67.